The fourth-order valence-electron chi connectivity index (χ4n) is 4.70. The third-order valence-corrected chi connectivity index (χ3v) is 6.70. The molecule has 2 aliphatic rings. The van der Waals surface area contributed by atoms with Gasteiger partial charge in [0.05, 0.1) is 12.5 Å². The number of rotatable bonds is 8. The van der Waals surface area contributed by atoms with E-state index in [9.17, 15) is 9.90 Å². The van der Waals surface area contributed by atoms with Gasteiger partial charge in [0.1, 0.15) is 23.3 Å². The molecule has 2 saturated heterocycles. The summed E-state index contributed by atoms with van der Waals surface area (Å²) in [6, 6.07) is 9.81. The second-order valence-corrected chi connectivity index (χ2v) is 9.08. The summed E-state index contributed by atoms with van der Waals surface area (Å²) in [6.07, 6.45) is 4.87. The lowest BCUT2D eigenvalue weighted by molar-refractivity contribution is 0.00433. The van der Waals surface area contributed by atoms with Gasteiger partial charge in [0.2, 0.25) is 5.95 Å². The second kappa shape index (κ2) is 11.8. The average molecular weight is 492 g/mol. The van der Waals surface area contributed by atoms with Crippen LogP contribution < -0.4 is 20.9 Å². The number of aliphatic hydroxyl groups is 1. The first-order valence-corrected chi connectivity index (χ1v) is 12.4. The molecule has 1 amide bonds. The van der Waals surface area contributed by atoms with Crippen LogP contribution in [0.2, 0.25) is 0 Å². The van der Waals surface area contributed by atoms with E-state index >= 15 is 0 Å². The van der Waals surface area contributed by atoms with Crippen molar-refractivity contribution in [3.63, 3.8) is 0 Å². The van der Waals surface area contributed by atoms with Crippen LogP contribution in [0.1, 0.15) is 48.2 Å². The normalized spacial score (nSPS) is 17.7. The Balaban J connectivity index is 1.51. The number of aromatic nitrogens is 2. The summed E-state index contributed by atoms with van der Waals surface area (Å²) in [6.45, 7) is 4.52. The van der Waals surface area contributed by atoms with E-state index in [0.717, 1.165) is 56.6 Å². The molecule has 2 aliphatic heterocycles. The van der Waals surface area contributed by atoms with Crippen LogP contribution in [0, 0.1) is 16.7 Å². The predicted octanol–water partition coefficient (Wildman–Crippen LogP) is 2.05. The number of hydrogen-bond donors (Lipinski definition) is 4. The van der Waals surface area contributed by atoms with Gasteiger partial charge in [-0.1, -0.05) is 12.8 Å². The third-order valence-electron chi connectivity index (χ3n) is 6.70. The number of amides is 1. The van der Waals surface area contributed by atoms with Crippen LogP contribution in [0.15, 0.2) is 24.3 Å². The lowest BCUT2D eigenvalue weighted by Gasteiger charge is -2.37. The molecule has 1 aromatic carbocycles. The van der Waals surface area contributed by atoms with Gasteiger partial charge in [0, 0.05) is 56.9 Å². The Hall–Kier alpha value is -3.75. The Morgan fingerprint density at radius 3 is 2.33 bits per heavy atom. The van der Waals surface area contributed by atoms with E-state index in [2.05, 4.69) is 25.1 Å². The van der Waals surface area contributed by atoms with Crippen molar-refractivity contribution in [3.8, 4) is 6.07 Å². The standard InChI is InChI=1S/C25H33N9O2/c26-10-9-21(35)33-15-13-32(14-16-33)19-7-5-18(6-8-19)29-24-22(23(28)36)20(17-27)30-25(31-24)34-11-3-1-2-4-12-34/h5-8,17,21,27,35H,1-4,9,11-16H2,(H2,28,36)(H,29,30,31). The van der Waals surface area contributed by atoms with E-state index < -0.39 is 12.1 Å². The minimum absolute atomic E-state index is 0.0969. The van der Waals surface area contributed by atoms with Gasteiger partial charge < -0.3 is 31.4 Å². The molecule has 0 radical (unpaired) electrons. The summed E-state index contributed by atoms with van der Waals surface area (Å²) in [5.74, 6) is 0.102. The molecule has 1 aromatic heterocycles. The molecule has 0 saturated carbocycles. The summed E-state index contributed by atoms with van der Waals surface area (Å²) in [7, 11) is 0. The maximum absolute atomic E-state index is 12.2. The highest BCUT2D eigenvalue weighted by atomic mass is 16.3. The molecule has 4 rings (SSSR count). The number of nitrogens with zero attached hydrogens (tertiary/aromatic N) is 6. The van der Waals surface area contributed by atoms with Gasteiger partial charge in [-0.25, -0.2) is 4.98 Å². The quantitative estimate of drug-likeness (QED) is 0.405. The predicted molar refractivity (Wildman–Crippen MR) is 139 cm³/mol. The lowest BCUT2D eigenvalue weighted by atomic mass is 10.2. The fraction of sp³-hybridized carbons (Fsp3) is 0.480. The largest absolute Gasteiger partial charge is 0.377 e. The molecule has 1 unspecified atom stereocenters. The Labute approximate surface area is 211 Å². The van der Waals surface area contributed by atoms with E-state index in [1.807, 2.05) is 35.2 Å². The number of nitriles is 1. The van der Waals surface area contributed by atoms with Crippen LogP contribution in [0.4, 0.5) is 23.1 Å². The van der Waals surface area contributed by atoms with Gasteiger partial charge in [-0.15, -0.1) is 0 Å². The van der Waals surface area contributed by atoms with Crippen molar-refractivity contribution in [2.45, 2.75) is 38.3 Å². The first-order valence-electron chi connectivity index (χ1n) is 12.4. The summed E-state index contributed by atoms with van der Waals surface area (Å²) < 4.78 is 0. The van der Waals surface area contributed by atoms with Gasteiger partial charge >= 0.3 is 0 Å². The smallest absolute Gasteiger partial charge is 0.254 e. The molecule has 0 bridgehead atoms. The van der Waals surface area contributed by atoms with E-state index in [-0.39, 0.29) is 17.7 Å². The van der Waals surface area contributed by atoms with Crippen LogP contribution >= 0.6 is 0 Å². The number of carbonyl (C=O) groups is 1. The molecule has 190 valence electrons. The molecule has 2 aromatic rings. The zero-order valence-corrected chi connectivity index (χ0v) is 20.4. The summed E-state index contributed by atoms with van der Waals surface area (Å²) in [4.78, 5) is 27.6. The van der Waals surface area contributed by atoms with E-state index in [1.54, 1.807) is 0 Å². The first kappa shape index (κ1) is 25.3. The Kier molecular flexibility index (Phi) is 8.30. The minimum Gasteiger partial charge on any atom is -0.377 e. The Morgan fingerprint density at radius 2 is 1.75 bits per heavy atom. The van der Waals surface area contributed by atoms with Crippen molar-refractivity contribution in [2.24, 2.45) is 5.73 Å². The maximum Gasteiger partial charge on any atom is 0.254 e. The first-order chi connectivity index (χ1) is 17.5. The lowest BCUT2D eigenvalue weighted by Crippen LogP contribution is -2.50. The molecule has 11 nitrogen and oxygen atoms in total. The average Bonchev–Trinajstić information content (AvgIpc) is 3.18. The summed E-state index contributed by atoms with van der Waals surface area (Å²) >= 11 is 0. The van der Waals surface area contributed by atoms with Gasteiger partial charge in [-0.05, 0) is 37.1 Å². The van der Waals surface area contributed by atoms with Crippen LogP contribution in [0.5, 0.6) is 0 Å². The van der Waals surface area contributed by atoms with Crippen LogP contribution in [-0.2, 0) is 0 Å². The van der Waals surface area contributed by atoms with Crippen molar-refractivity contribution in [2.75, 3.05) is 54.4 Å². The number of primary amides is 1. The number of nitrogens with two attached hydrogens (primary N) is 1. The van der Waals surface area contributed by atoms with Crippen molar-refractivity contribution >= 4 is 35.3 Å². The van der Waals surface area contributed by atoms with Crippen molar-refractivity contribution < 1.29 is 9.90 Å². The van der Waals surface area contributed by atoms with Gasteiger partial charge in [-0.2, -0.15) is 10.2 Å². The van der Waals surface area contributed by atoms with E-state index in [1.165, 1.54) is 12.8 Å². The summed E-state index contributed by atoms with van der Waals surface area (Å²) in [5.41, 5.74) is 7.72. The third kappa shape index (κ3) is 5.90. The molecule has 2 fully saturated rings. The van der Waals surface area contributed by atoms with E-state index in [0.29, 0.717) is 24.9 Å². The highest BCUT2D eigenvalue weighted by molar-refractivity contribution is 6.04. The molecule has 0 aliphatic carbocycles. The number of benzene rings is 1. The fourth-order valence-corrected chi connectivity index (χ4v) is 4.70. The molecule has 0 spiro atoms. The van der Waals surface area contributed by atoms with Gasteiger partial charge in [0.25, 0.3) is 5.91 Å². The number of anilines is 4. The molecule has 11 heteroatoms. The van der Waals surface area contributed by atoms with Crippen LogP contribution in [0.3, 0.4) is 0 Å². The molecular formula is C25H33N9O2. The van der Waals surface area contributed by atoms with Gasteiger partial charge in [-0.3, -0.25) is 9.69 Å². The highest BCUT2D eigenvalue weighted by Crippen LogP contribution is 2.27. The second-order valence-electron chi connectivity index (χ2n) is 9.08. The number of hydrogen-bond acceptors (Lipinski definition) is 10. The van der Waals surface area contributed by atoms with Crippen molar-refractivity contribution in [1.82, 2.24) is 14.9 Å². The van der Waals surface area contributed by atoms with Crippen LogP contribution in [0.25, 0.3) is 0 Å². The number of carbonyl (C=O) groups excluding carboxylic acids is 1. The van der Waals surface area contributed by atoms with Crippen LogP contribution in [-0.4, -0.2) is 77.6 Å². The molecule has 5 N–H and O–H groups in total. The number of piperazine rings is 1. The Bertz CT molecular complexity index is 1100. The number of aliphatic hydroxyl groups excluding tert-OH is 1. The SMILES string of the molecule is N#CCC(O)N1CCN(c2ccc(Nc3nc(N4CCCCCC4)nc(C=N)c3C(N)=O)cc2)CC1. The molecule has 36 heavy (non-hydrogen) atoms. The maximum atomic E-state index is 12.2. The molecule has 1 atom stereocenters. The minimum atomic E-state index is -0.721. The molecular weight excluding hydrogens is 458 g/mol. The zero-order chi connectivity index (χ0) is 25.5. The van der Waals surface area contributed by atoms with Crippen molar-refractivity contribution in [3.05, 3.63) is 35.5 Å². The van der Waals surface area contributed by atoms with E-state index in [4.69, 9.17) is 16.4 Å². The molecule has 3 heterocycles. The zero-order valence-electron chi connectivity index (χ0n) is 20.4. The monoisotopic (exact) mass is 491 g/mol. The summed E-state index contributed by atoms with van der Waals surface area (Å²) in [5, 5.41) is 29.9. The topological polar surface area (TPSA) is 158 Å². The Morgan fingerprint density at radius 1 is 1.08 bits per heavy atom. The van der Waals surface area contributed by atoms with Crippen molar-refractivity contribution in [1.29, 1.82) is 10.7 Å². The highest BCUT2D eigenvalue weighted by Gasteiger charge is 2.23. The number of nitrogens with one attached hydrogen (secondary N) is 2. The van der Waals surface area contributed by atoms with Gasteiger partial charge in [0.15, 0.2) is 0 Å².